The number of methoxy groups -OCH3 is 1. The zero-order valence-corrected chi connectivity index (χ0v) is 19.8. The van der Waals surface area contributed by atoms with Crippen molar-refractivity contribution in [1.82, 2.24) is 4.98 Å². The first-order valence-electron chi connectivity index (χ1n) is 11.7. The molecule has 1 heterocycles. The van der Waals surface area contributed by atoms with Gasteiger partial charge in [0.25, 0.3) is 0 Å². The minimum Gasteiger partial charge on any atom is -0.496 e. The number of fused-ring (bicyclic) bond motifs is 1. The number of amides is 1. The monoisotopic (exact) mass is 476 g/mol. The summed E-state index contributed by atoms with van der Waals surface area (Å²) < 4.78 is 19.5. The van der Waals surface area contributed by atoms with Crippen LogP contribution in [0.3, 0.4) is 0 Å². The molecule has 1 unspecified atom stereocenters. The number of anilines is 1. The lowest BCUT2D eigenvalue weighted by Gasteiger charge is -2.19. The number of carbonyl (C=O) groups is 1. The summed E-state index contributed by atoms with van der Waals surface area (Å²) in [5.41, 5.74) is 5.12. The molecule has 0 radical (unpaired) electrons. The minimum atomic E-state index is -0.442. The van der Waals surface area contributed by atoms with Crippen LogP contribution in [0.1, 0.15) is 17.0 Å². The summed E-state index contributed by atoms with van der Waals surface area (Å²) in [6.45, 7) is 0. The number of rotatable bonds is 7. The third-order valence-corrected chi connectivity index (χ3v) is 6.30. The molecule has 178 valence electrons. The third kappa shape index (κ3) is 4.96. The van der Waals surface area contributed by atoms with Gasteiger partial charge in [0.05, 0.1) is 18.5 Å². The molecule has 0 bridgehead atoms. The summed E-state index contributed by atoms with van der Waals surface area (Å²) in [5.74, 6) is -0.0989. The smallest absolute Gasteiger partial charge is 0.232 e. The van der Waals surface area contributed by atoms with Crippen molar-refractivity contribution in [2.24, 2.45) is 0 Å². The van der Waals surface area contributed by atoms with Gasteiger partial charge in [-0.1, -0.05) is 60.7 Å². The molecular weight excluding hydrogens is 451 g/mol. The van der Waals surface area contributed by atoms with Crippen LogP contribution in [-0.4, -0.2) is 18.0 Å². The highest BCUT2D eigenvalue weighted by Gasteiger charge is 2.23. The Morgan fingerprint density at radius 3 is 2.44 bits per heavy atom. The second-order valence-electron chi connectivity index (χ2n) is 8.57. The first-order chi connectivity index (χ1) is 17.6. The van der Waals surface area contributed by atoms with Crippen molar-refractivity contribution in [1.29, 1.82) is 0 Å². The summed E-state index contributed by atoms with van der Waals surface area (Å²) in [4.78, 5) is 17.8. The van der Waals surface area contributed by atoms with Gasteiger partial charge >= 0.3 is 0 Å². The van der Waals surface area contributed by atoms with Crippen LogP contribution in [0.25, 0.3) is 22.0 Å². The highest BCUT2D eigenvalue weighted by atomic mass is 19.1. The van der Waals surface area contributed by atoms with Gasteiger partial charge in [0.2, 0.25) is 5.91 Å². The minimum absolute atomic E-state index is 0.101. The van der Waals surface area contributed by atoms with Crippen molar-refractivity contribution in [2.45, 2.75) is 12.3 Å². The lowest BCUT2D eigenvalue weighted by atomic mass is 9.89. The van der Waals surface area contributed by atoms with Gasteiger partial charge in [-0.15, -0.1) is 0 Å². The SMILES string of the molecule is COc1ccccc1CC(C(=O)Nc1ccccc1)c1ccc(-c2ccnc3ccc(F)cc23)cc1. The van der Waals surface area contributed by atoms with E-state index in [4.69, 9.17) is 4.74 Å². The van der Waals surface area contributed by atoms with E-state index in [-0.39, 0.29) is 11.7 Å². The van der Waals surface area contributed by atoms with Crippen molar-refractivity contribution < 1.29 is 13.9 Å². The van der Waals surface area contributed by atoms with Gasteiger partial charge in [-0.3, -0.25) is 9.78 Å². The van der Waals surface area contributed by atoms with Crippen LogP contribution in [0.2, 0.25) is 0 Å². The summed E-state index contributed by atoms with van der Waals surface area (Å²) in [7, 11) is 1.63. The zero-order valence-electron chi connectivity index (χ0n) is 19.8. The van der Waals surface area contributed by atoms with E-state index >= 15 is 0 Å². The van der Waals surface area contributed by atoms with Crippen molar-refractivity contribution in [3.05, 3.63) is 126 Å². The van der Waals surface area contributed by atoms with E-state index in [2.05, 4.69) is 10.3 Å². The summed E-state index contributed by atoms with van der Waals surface area (Å²) in [6.07, 6.45) is 2.20. The number of nitrogens with one attached hydrogen (secondary N) is 1. The number of aromatic nitrogens is 1. The average Bonchev–Trinajstić information content (AvgIpc) is 2.92. The second-order valence-corrected chi connectivity index (χ2v) is 8.57. The van der Waals surface area contributed by atoms with E-state index in [0.29, 0.717) is 6.42 Å². The molecule has 36 heavy (non-hydrogen) atoms. The molecule has 1 atom stereocenters. The number of pyridine rings is 1. The predicted molar refractivity (Wildman–Crippen MR) is 142 cm³/mol. The first-order valence-corrected chi connectivity index (χ1v) is 11.7. The fourth-order valence-electron chi connectivity index (χ4n) is 4.47. The largest absolute Gasteiger partial charge is 0.496 e. The Balaban J connectivity index is 1.50. The fourth-order valence-corrected chi connectivity index (χ4v) is 4.47. The molecule has 1 aromatic heterocycles. The number of nitrogens with zero attached hydrogens (tertiary/aromatic N) is 1. The molecule has 5 rings (SSSR count). The molecule has 0 spiro atoms. The van der Waals surface area contributed by atoms with Crippen LogP contribution in [-0.2, 0) is 11.2 Å². The maximum absolute atomic E-state index is 14.0. The topological polar surface area (TPSA) is 51.2 Å². The second kappa shape index (κ2) is 10.4. The molecule has 4 aromatic carbocycles. The summed E-state index contributed by atoms with van der Waals surface area (Å²) in [6, 6.07) is 31.5. The number of hydrogen-bond acceptors (Lipinski definition) is 3. The van der Waals surface area contributed by atoms with E-state index in [1.165, 1.54) is 12.1 Å². The van der Waals surface area contributed by atoms with E-state index in [1.54, 1.807) is 19.4 Å². The predicted octanol–water partition coefficient (Wildman–Crippen LogP) is 7.01. The Morgan fingerprint density at radius 1 is 0.917 bits per heavy atom. The van der Waals surface area contributed by atoms with Crippen LogP contribution in [0.4, 0.5) is 10.1 Å². The van der Waals surface area contributed by atoms with E-state index in [1.807, 2.05) is 84.9 Å². The molecule has 5 aromatic rings. The third-order valence-electron chi connectivity index (χ3n) is 6.30. The zero-order chi connectivity index (χ0) is 24.9. The molecular formula is C31H25FN2O2. The Bertz CT molecular complexity index is 1500. The first kappa shape index (κ1) is 23.2. The number of benzene rings is 4. The lowest BCUT2D eigenvalue weighted by molar-refractivity contribution is -0.117. The Hall–Kier alpha value is -4.51. The van der Waals surface area contributed by atoms with Crippen molar-refractivity contribution in [3.63, 3.8) is 0 Å². The molecule has 4 nitrogen and oxygen atoms in total. The molecule has 5 heteroatoms. The van der Waals surface area contributed by atoms with E-state index < -0.39 is 5.92 Å². The van der Waals surface area contributed by atoms with Gasteiger partial charge in [-0.2, -0.15) is 0 Å². The fraction of sp³-hybridized carbons (Fsp3) is 0.0968. The van der Waals surface area contributed by atoms with Gasteiger partial charge in [0.1, 0.15) is 11.6 Å². The van der Waals surface area contributed by atoms with Gasteiger partial charge < -0.3 is 10.1 Å². The Morgan fingerprint density at radius 2 is 1.67 bits per heavy atom. The molecule has 0 aliphatic carbocycles. The molecule has 0 saturated heterocycles. The van der Waals surface area contributed by atoms with Crippen molar-refractivity contribution >= 4 is 22.5 Å². The summed E-state index contributed by atoms with van der Waals surface area (Å²) in [5, 5.41) is 3.79. The molecule has 0 saturated carbocycles. The van der Waals surface area contributed by atoms with Gasteiger partial charge in [0, 0.05) is 17.3 Å². The Kier molecular flexibility index (Phi) is 6.72. The van der Waals surface area contributed by atoms with Gasteiger partial charge in [-0.25, -0.2) is 4.39 Å². The molecule has 1 N–H and O–H groups in total. The molecule has 0 aliphatic rings. The maximum atomic E-state index is 14.0. The lowest BCUT2D eigenvalue weighted by Crippen LogP contribution is -2.23. The normalized spacial score (nSPS) is 11.7. The van der Waals surface area contributed by atoms with E-state index in [9.17, 15) is 9.18 Å². The van der Waals surface area contributed by atoms with Crippen LogP contribution in [0, 0.1) is 5.82 Å². The van der Waals surface area contributed by atoms with Crippen LogP contribution in [0.15, 0.2) is 109 Å². The van der Waals surface area contributed by atoms with Crippen LogP contribution in [0.5, 0.6) is 5.75 Å². The standard InChI is InChI=1S/C31H25FN2O2/c1-36-30-10-6-5-7-23(30)19-27(31(35)34-25-8-3-2-4-9-25)22-13-11-21(12-14-22)26-17-18-33-29-16-15-24(32)20-28(26)29/h2-18,20,27H,19H2,1H3,(H,34,35). The summed E-state index contributed by atoms with van der Waals surface area (Å²) >= 11 is 0. The quantitative estimate of drug-likeness (QED) is 0.275. The highest BCUT2D eigenvalue weighted by molar-refractivity contribution is 5.97. The van der Waals surface area contributed by atoms with Crippen LogP contribution >= 0.6 is 0 Å². The van der Waals surface area contributed by atoms with Crippen molar-refractivity contribution in [2.75, 3.05) is 12.4 Å². The van der Waals surface area contributed by atoms with Crippen molar-refractivity contribution in [3.8, 4) is 16.9 Å². The maximum Gasteiger partial charge on any atom is 0.232 e. The Labute approximate surface area is 209 Å². The van der Waals surface area contributed by atoms with E-state index in [0.717, 1.165) is 44.6 Å². The molecule has 0 aliphatic heterocycles. The number of hydrogen-bond donors (Lipinski definition) is 1. The van der Waals surface area contributed by atoms with Crippen LogP contribution < -0.4 is 10.1 Å². The number of ether oxygens (including phenoxy) is 1. The number of para-hydroxylation sites is 2. The van der Waals surface area contributed by atoms with Gasteiger partial charge in [0.15, 0.2) is 0 Å². The average molecular weight is 477 g/mol. The van der Waals surface area contributed by atoms with Gasteiger partial charge in [-0.05, 0) is 71.1 Å². The molecule has 0 fully saturated rings. The highest BCUT2D eigenvalue weighted by Crippen LogP contribution is 2.32. The molecule has 1 amide bonds. The number of carbonyl (C=O) groups excluding carboxylic acids is 1. The number of halogens is 1.